The maximum absolute atomic E-state index is 11.4. The van der Waals surface area contributed by atoms with Gasteiger partial charge in [0.1, 0.15) is 0 Å². The molecule has 0 aliphatic carbocycles. The number of aliphatic hydroxyl groups excluding tert-OH is 2. The molecule has 0 fully saturated rings. The van der Waals surface area contributed by atoms with Crippen LogP contribution in [0.3, 0.4) is 0 Å². The summed E-state index contributed by atoms with van der Waals surface area (Å²) in [6, 6.07) is 0. The van der Waals surface area contributed by atoms with Gasteiger partial charge in [-0.1, -0.05) is 0 Å². The Kier molecular flexibility index (Phi) is 4.06. The minimum atomic E-state index is -0.891. The molecule has 0 aliphatic rings. The maximum atomic E-state index is 11.4. The fraction of sp³-hybridized carbons (Fsp3) is 0.444. The van der Waals surface area contributed by atoms with E-state index in [1.54, 1.807) is 5.38 Å². The molecule has 0 radical (unpaired) electrons. The Morgan fingerprint density at radius 1 is 1.64 bits per heavy atom. The molecule has 0 bridgehead atoms. The fourth-order valence-electron chi connectivity index (χ4n) is 0.963. The van der Waals surface area contributed by atoms with Crippen LogP contribution in [-0.2, 0) is 0 Å². The largest absolute Gasteiger partial charge is 0.394 e. The van der Waals surface area contributed by atoms with E-state index < -0.39 is 6.10 Å². The smallest absolute Gasteiger partial charge is 0.252 e. The molecule has 1 unspecified atom stereocenters. The van der Waals surface area contributed by atoms with Gasteiger partial charge in [-0.2, -0.15) is 11.3 Å². The van der Waals surface area contributed by atoms with Gasteiger partial charge in [-0.25, -0.2) is 0 Å². The highest BCUT2D eigenvalue weighted by molar-refractivity contribution is 7.08. The summed E-state index contributed by atoms with van der Waals surface area (Å²) in [5.74, 6) is -0.212. The lowest BCUT2D eigenvalue weighted by atomic mass is 10.2. The van der Waals surface area contributed by atoms with Gasteiger partial charge in [0.15, 0.2) is 0 Å². The zero-order chi connectivity index (χ0) is 10.6. The number of aliphatic hydroxyl groups is 2. The van der Waals surface area contributed by atoms with Crippen molar-refractivity contribution in [2.24, 2.45) is 0 Å². The molecule has 0 aromatic carbocycles. The molecule has 0 saturated heterocycles. The first-order chi connectivity index (χ1) is 6.65. The lowest BCUT2D eigenvalue weighted by Gasteiger charge is -2.08. The van der Waals surface area contributed by atoms with Crippen molar-refractivity contribution in [3.63, 3.8) is 0 Å². The van der Waals surface area contributed by atoms with E-state index in [-0.39, 0.29) is 19.1 Å². The molecule has 3 N–H and O–H groups in total. The molecule has 4 nitrogen and oxygen atoms in total. The molecular weight excluding hydrogens is 202 g/mol. The van der Waals surface area contributed by atoms with E-state index in [4.69, 9.17) is 10.2 Å². The third-order valence-electron chi connectivity index (χ3n) is 1.81. The Balaban J connectivity index is 2.47. The number of amides is 1. The second-order valence-corrected chi connectivity index (χ2v) is 3.76. The van der Waals surface area contributed by atoms with Crippen LogP contribution < -0.4 is 5.32 Å². The molecule has 5 heteroatoms. The van der Waals surface area contributed by atoms with Crippen molar-refractivity contribution < 1.29 is 15.0 Å². The van der Waals surface area contributed by atoms with E-state index in [9.17, 15) is 4.79 Å². The summed E-state index contributed by atoms with van der Waals surface area (Å²) in [7, 11) is 0. The average Bonchev–Trinajstić information content (AvgIpc) is 2.60. The van der Waals surface area contributed by atoms with Crippen LogP contribution in [-0.4, -0.2) is 35.4 Å². The van der Waals surface area contributed by atoms with Gasteiger partial charge >= 0.3 is 0 Å². The number of aryl methyl sites for hydroxylation is 1. The van der Waals surface area contributed by atoms with Crippen LogP contribution in [0.15, 0.2) is 10.8 Å². The fourth-order valence-corrected chi connectivity index (χ4v) is 1.79. The average molecular weight is 215 g/mol. The van der Waals surface area contributed by atoms with Crippen molar-refractivity contribution >= 4 is 17.2 Å². The number of hydrogen-bond donors (Lipinski definition) is 3. The van der Waals surface area contributed by atoms with Crippen LogP contribution in [0.1, 0.15) is 15.9 Å². The van der Waals surface area contributed by atoms with Gasteiger partial charge in [-0.3, -0.25) is 4.79 Å². The molecule has 1 amide bonds. The van der Waals surface area contributed by atoms with Crippen molar-refractivity contribution in [2.75, 3.05) is 13.2 Å². The molecule has 1 rings (SSSR count). The third kappa shape index (κ3) is 2.80. The molecular formula is C9H13NO3S. The normalized spacial score (nSPS) is 12.5. The van der Waals surface area contributed by atoms with Gasteiger partial charge < -0.3 is 15.5 Å². The quantitative estimate of drug-likeness (QED) is 0.669. The Morgan fingerprint density at radius 2 is 2.36 bits per heavy atom. The van der Waals surface area contributed by atoms with E-state index in [0.29, 0.717) is 5.56 Å². The van der Waals surface area contributed by atoms with Crippen molar-refractivity contribution in [1.29, 1.82) is 0 Å². The summed E-state index contributed by atoms with van der Waals surface area (Å²) < 4.78 is 0. The van der Waals surface area contributed by atoms with E-state index in [0.717, 1.165) is 5.56 Å². The summed E-state index contributed by atoms with van der Waals surface area (Å²) in [6.45, 7) is 1.58. The van der Waals surface area contributed by atoms with E-state index >= 15 is 0 Å². The molecule has 1 heterocycles. The zero-order valence-electron chi connectivity index (χ0n) is 7.86. The monoisotopic (exact) mass is 215 g/mol. The van der Waals surface area contributed by atoms with Crippen LogP contribution in [0.5, 0.6) is 0 Å². The Labute approximate surface area is 86.2 Å². The minimum absolute atomic E-state index is 0.0740. The number of thiophene rings is 1. The third-order valence-corrected chi connectivity index (χ3v) is 2.67. The standard InChI is InChI=1S/C9H13NO3S/c1-6-4-14-5-8(6)9(13)10-2-7(12)3-11/h4-5,7,11-12H,2-3H2,1H3,(H,10,13). The summed E-state index contributed by atoms with van der Waals surface area (Å²) in [6.07, 6.45) is -0.891. The Bertz CT molecular complexity index is 311. The van der Waals surface area contributed by atoms with Crippen LogP contribution in [0.2, 0.25) is 0 Å². The van der Waals surface area contributed by atoms with Crippen LogP contribution >= 0.6 is 11.3 Å². The van der Waals surface area contributed by atoms with Gasteiger partial charge in [-0.15, -0.1) is 0 Å². The predicted octanol–water partition coefficient (Wildman–Crippen LogP) is 0.140. The number of carbonyl (C=O) groups excluding carboxylic acids is 1. The lowest BCUT2D eigenvalue weighted by Crippen LogP contribution is -2.33. The number of rotatable bonds is 4. The highest BCUT2D eigenvalue weighted by Crippen LogP contribution is 2.12. The first-order valence-electron chi connectivity index (χ1n) is 4.25. The lowest BCUT2D eigenvalue weighted by molar-refractivity contribution is 0.0802. The Morgan fingerprint density at radius 3 is 2.86 bits per heavy atom. The summed E-state index contributed by atoms with van der Waals surface area (Å²) in [4.78, 5) is 11.4. The second kappa shape index (κ2) is 5.09. The molecule has 1 aromatic heterocycles. The topological polar surface area (TPSA) is 69.6 Å². The number of hydrogen-bond acceptors (Lipinski definition) is 4. The first kappa shape index (κ1) is 11.2. The predicted molar refractivity (Wildman–Crippen MR) is 54.5 cm³/mol. The first-order valence-corrected chi connectivity index (χ1v) is 5.19. The molecule has 0 saturated carbocycles. The molecule has 1 atom stereocenters. The van der Waals surface area contributed by atoms with E-state index in [2.05, 4.69) is 5.32 Å². The van der Waals surface area contributed by atoms with Crippen LogP contribution in [0.25, 0.3) is 0 Å². The molecule has 14 heavy (non-hydrogen) atoms. The molecule has 78 valence electrons. The number of nitrogens with one attached hydrogen (secondary N) is 1. The van der Waals surface area contributed by atoms with E-state index in [1.807, 2.05) is 12.3 Å². The van der Waals surface area contributed by atoms with Gasteiger partial charge in [0.05, 0.1) is 18.3 Å². The van der Waals surface area contributed by atoms with Crippen molar-refractivity contribution in [3.05, 3.63) is 21.9 Å². The highest BCUT2D eigenvalue weighted by atomic mass is 32.1. The summed E-state index contributed by atoms with van der Waals surface area (Å²) in [5.41, 5.74) is 1.55. The van der Waals surface area contributed by atoms with E-state index in [1.165, 1.54) is 11.3 Å². The van der Waals surface area contributed by atoms with Crippen LogP contribution in [0, 0.1) is 6.92 Å². The minimum Gasteiger partial charge on any atom is -0.394 e. The van der Waals surface area contributed by atoms with Crippen molar-refractivity contribution in [1.82, 2.24) is 5.32 Å². The van der Waals surface area contributed by atoms with Crippen LogP contribution in [0.4, 0.5) is 0 Å². The Hall–Kier alpha value is -0.910. The SMILES string of the molecule is Cc1cscc1C(=O)NCC(O)CO. The summed E-state index contributed by atoms with van der Waals surface area (Å²) >= 11 is 1.46. The van der Waals surface area contributed by atoms with Gasteiger partial charge in [-0.05, 0) is 17.9 Å². The van der Waals surface area contributed by atoms with Gasteiger partial charge in [0.25, 0.3) is 5.91 Å². The highest BCUT2D eigenvalue weighted by Gasteiger charge is 2.10. The van der Waals surface area contributed by atoms with Crippen molar-refractivity contribution in [3.8, 4) is 0 Å². The molecule has 0 spiro atoms. The molecule has 1 aromatic rings. The van der Waals surface area contributed by atoms with Crippen molar-refractivity contribution in [2.45, 2.75) is 13.0 Å². The van der Waals surface area contributed by atoms with Gasteiger partial charge in [0, 0.05) is 11.9 Å². The van der Waals surface area contributed by atoms with Gasteiger partial charge in [0.2, 0.25) is 0 Å². The summed E-state index contributed by atoms with van der Waals surface area (Å²) in [5, 5.41) is 23.7. The number of carbonyl (C=O) groups is 1. The second-order valence-electron chi connectivity index (χ2n) is 3.01. The zero-order valence-corrected chi connectivity index (χ0v) is 8.67. The molecule has 0 aliphatic heterocycles. The maximum Gasteiger partial charge on any atom is 0.252 e.